The van der Waals surface area contributed by atoms with Crippen molar-refractivity contribution >= 4 is 21.2 Å². The van der Waals surface area contributed by atoms with Gasteiger partial charge in [-0.3, -0.25) is 4.28 Å². The van der Waals surface area contributed by atoms with Crippen LogP contribution < -0.4 is 4.28 Å². The van der Waals surface area contributed by atoms with Crippen LogP contribution in [-0.4, -0.2) is 29.3 Å². The highest BCUT2D eigenvalue weighted by Crippen LogP contribution is 2.10. The van der Waals surface area contributed by atoms with Crippen molar-refractivity contribution < 1.29 is 12.7 Å². The summed E-state index contributed by atoms with van der Waals surface area (Å²) in [5.41, 5.74) is 1.15. The molecule has 0 bridgehead atoms. The molecule has 0 N–H and O–H groups in total. The van der Waals surface area contributed by atoms with Crippen molar-refractivity contribution in [1.82, 2.24) is 15.2 Å². The minimum absolute atomic E-state index is 0.00486. The first-order chi connectivity index (χ1) is 9.62. The summed E-state index contributed by atoms with van der Waals surface area (Å²) in [6.45, 7) is 2.12. The number of rotatable bonds is 8. The predicted octanol–water partition coefficient (Wildman–Crippen LogP) is 2.16. The maximum Gasteiger partial charge on any atom is 0.328 e. The Morgan fingerprint density at radius 1 is 1.15 bits per heavy atom. The van der Waals surface area contributed by atoms with Gasteiger partial charge in [0.15, 0.2) is 0 Å². The molecular formula is C13H19N3O3S. The van der Waals surface area contributed by atoms with Crippen LogP contribution in [-0.2, 0) is 10.1 Å². The third-order valence-corrected chi connectivity index (χ3v) is 4.16. The van der Waals surface area contributed by atoms with Crippen LogP contribution >= 0.6 is 0 Å². The number of benzene rings is 1. The molecule has 20 heavy (non-hydrogen) atoms. The fourth-order valence-electron chi connectivity index (χ4n) is 1.93. The number of para-hydroxylation sites is 1. The molecule has 6 nitrogen and oxygen atoms in total. The summed E-state index contributed by atoms with van der Waals surface area (Å²) in [7, 11) is -3.62. The Labute approximate surface area is 118 Å². The zero-order valence-electron chi connectivity index (χ0n) is 11.5. The van der Waals surface area contributed by atoms with Gasteiger partial charge in [0, 0.05) is 0 Å². The van der Waals surface area contributed by atoms with E-state index in [1.807, 2.05) is 6.07 Å². The second-order valence-corrected chi connectivity index (χ2v) is 6.37. The molecule has 0 aliphatic rings. The molecule has 0 aliphatic heterocycles. The van der Waals surface area contributed by atoms with E-state index in [-0.39, 0.29) is 5.75 Å². The van der Waals surface area contributed by atoms with E-state index >= 15 is 0 Å². The number of hydrogen-bond donors (Lipinski definition) is 0. The smallest absolute Gasteiger partial charge is 0.267 e. The van der Waals surface area contributed by atoms with Crippen LogP contribution in [0.15, 0.2) is 24.3 Å². The normalized spacial score (nSPS) is 11.8. The molecule has 0 amide bonds. The summed E-state index contributed by atoms with van der Waals surface area (Å²) >= 11 is 0. The van der Waals surface area contributed by atoms with Gasteiger partial charge in [-0.05, 0) is 23.8 Å². The lowest BCUT2D eigenvalue weighted by molar-refractivity contribution is 0.244. The average Bonchev–Trinajstić information content (AvgIpc) is 2.81. The summed E-state index contributed by atoms with van der Waals surface area (Å²) in [5, 5.41) is 7.55. The monoisotopic (exact) mass is 297 g/mol. The predicted molar refractivity (Wildman–Crippen MR) is 76.7 cm³/mol. The Bertz CT molecular complexity index is 652. The molecule has 7 heteroatoms. The summed E-state index contributed by atoms with van der Waals surface area (Å²) in [4.78, 5) is 0.969. The molecule has 110 valence electrons. The lowest BCUT2D eigenvalue weighted by atomic mass is 10.2. The van der Waals surface area contributed by atoms with Crippen molar-refractivity contribution in [2.45, 2.75) is 39.0 Å². The molecule has 2 aromatic rings. The molecule has 1 aromatic heterocycles. The lowest BCUT2D eigenvalue weighted by Crippen LogP contribution is -2.23. The van der Waals surface area contributed by atoms with Crippen molar-refractivity contribution in [3.8, 4) is 0 Å². The molecular weight excluding hydrogens is 278 g/mol. The van der Waals surface area contributed by atoms with Gasteiger partial charge >= 0.3 is 10.1 Å². The topological polar surface area (TPSA) is 74.1 Å². The van der Waals surface area contributed by atoms with Gasteiger partial charge in [-0.1, -0.05) is 49.6 Å². The van der Waals surface area contributed by atoms with E-state index in [0.29, 0.717) is 17.5 Å². The molecule has 0 saturated heterocycles. The van der Waals surface area contributed by atoms with E-state index in [9.17, 15) is 8.42 Å². The second-order valence-electron chi connectivity index (χ2n) is 4.70. The molecule has 1 aromatic carbocycles. The van der Waals surface area contributed by atoms with Crippen LogP contribution in [0, 0.1) is 0 Å². The van der Waals surface area contributed by atoms with Gasteiger partial charge in [0.2, 0.25) is 0 Å². The third kappa shape index (κ3) is 3.93. The largest absolute Gasteiger partial charge is 0.328 e. The first-order valence-electron chi connectivity index (χ1n) is 6.85. The van der Waals surface area contributed by atoms with E-state index < -0.39 is 10.1 Å². The van der Waals surface area contributed by atoms with Gasteiger partial charge in [-0.25, -0.2) is 0 Å². The molecule has 0 aliphatic carbocycles. The SMILES string of the molecule is CCCCCCCS(=O)(=O)On1nnc2ccccc21. The Hall–Kier alpha value is -1.63. The van der Waals surface area contributed by atoms with Gasteiger partial charge in [0.25, 0.3) is 0 Å². The molecule has 0 spiro atoms. The number of nitrogens with zero attached hydrogens (tertiary/aromatic N) is 3. The van der Waals surface area contributed by atoms with Crippen LogP contribution in [0.4, 0.5) is 0 Å². The number of fused-ring (bicyclic) bond motifs is 1. The molecule has 0 radical (unpaired) electrons. The number of unbranched alkanes of at least 4 members (excludes halogenated alkanes) is 4. The van der Waals surface area contributed by atoms with Crippen molar-refractivity contribution in [2.24, 2.45) is 0 Å². The van der Waals surface area contributed by atoms with Crippen molar-refractivity contribution in [3.05, 3.63) is 24.3 Å². The van der Waals surface area contributed by atoms with Crippen molar-refractivity contribution in [1.29, 1.82) is 0 Å². The Balaban J connectivity index is 1.94. The number of hydrogen-bond acceptors (Lipinski definition) is 5. The van der Waals surface area contributed by atoms with Gasteiger partial charge in [-0.15, -0.1) is 5.10 Å². The quantitative estimate of drug-likeness (QED) is 0.698. The van der Waals surface area contributed by atoms with Crippen LogP contribution in [0.25, 0.3) is 11.0 Å². The summed E-state index contributed by atoms with van der Waals surface area (Å²) < 4.78 is 28.7. The Morgan fingerprint density at radius 2 is 1.90 bits per heavy atom. The van der Waals surface area contributed by atoms with Crippen LogP contribution in [0.3, 0.4) is 0 Å². The van der Waals surface area contributed by atoms with E-state index in [1.54, 1.807) is 18.2 Å². The maximum absolute atomic E-state index is 11.9. The highest BCUT2D eigenvalue weighted by atomic mass is 32.2. The first kappa shape index (κ1) is 14.8. The van der Waals surface area contributed by atoms with Gasteiger partial charge in [0.1, 0.15) is 11.0 Å². The van der Waals surface area contributed by atoms with Crippen LogP contribution in [0.1, 0.15) is 39.0 Å². The molecule has 1 heterocycles. The molecule has 0 unspecified atom stereocenters. The zero-order valence-corrected chi connectivity index (χ0v) is 12.3. The van der Waals surface area contributed by atoms with Crippen LogP contribution in [0.5, 0.6) is 0 Å². The minimum Gasteiger partial charge on any atom is -0.267 e. The summed E-state index contributed by atoms with van der Waals surface area (Å²) in [5.74, 6) is 0.00486. The Morgan fingerprint density at radius 3 is 2.70 bits per heavy atom. The van der Waals surface area contributed by atoms with E-state index in [1.165, 1.54) is 0 Å². The van der Waals surface area contributed by atoms with E-state index in [4.69, 9.17) is 4.28 Å². The Kier molecular flexibility index (Phi) is 4.94. The zero-order chi connectivity index (χ0) is 14.4. The van der Waals surface area contributed by atoms with Crippen molar-refractivity contribution in [2.75, 3.05) is 5.75 Å². The van der Waals surface area contributed by atoms with Crippen molar-refractivity contribution in [3.63, 3.8) is 0 Å². The minimum atomic E-state index is -3.62. The summed E-state index contributed by atoms with van der Waals surface area (Å²) in [6.07, 6.45) is 4.82. The summed E-state index contributed by atoms with van der Waals surface area (Å²) in [6, 6.07) is 7.05. The second kappa shape index (κ2) is 6.69. The molecule has 0 fully saturated rings. The molecule has 2 rings (SSSR count). The third-order valence-electron chi connectivity index (χ3n) is 3.00. The highest BCUT2D eigenvalue weighted by Gasteiger charge is 2.15. The van der Waals surface area contributed by atoms with Gasteiger partial charge < -0.3 is 0 Å². The van der Waals surface area contributed by atoms with Gasteiger partial charge in [0.05, 0.1) is 5.75 Å². The average molecular weight is 297 g/mol. The maximum atomic E-state index is 11.9. The van der Waals surface area contributed by atoms with E-state index in [2.05, 4.69) is 17.2 Å². The highest BCUT2D eigenvalue weighted by molar-refractivity contribution is 7.86. The van der Waals surface area contributed by atoms with Crippen LogP contribution in [0.2, 0.25) is 0 Å². The van der Waals surface area contributed by atoms with E-state index in [0.717, 1.165) is 30.5 Å². The molecule has 0 atom stereocenters. The standard InChI is InChI=1S/C13H19N3O3S/c1-2-3-4-5-8-11-20(17,18)19-16-13-10-7-6-9-12(13)14-15-16/h6-7,9-10H,2-5,8,11H2,1H3. The molecule has 0 saturated carbocycles. The lowest BCUT2D eigenvalue weighted by Gasteiger charge is -2.05. The fraction of sp³-hybridized carbons (Fsp3) is 0.538. The fourth-order valence-corrected chi connectivity index (χ4v) is 2.89. The first-order valence-corrected chi connectivity index (χ1v) is 8.43. The van der Waals surface area contributed by atoms with Gasteiger partial charge in [-0.2, -0.15) is 8.42 Å². The number of aromatic nitrogens is 3.